The van der Waals surface area contributed by atoms with Crippen molar-refractivity contribution in [3.63, 3.8) is 0 Å². The molecule has 2 nitrogen and oxygen atoms in total. The summed E-state index contributed by atoms with van der Waals surface area (Å²) < 4.78 is 0. The Morgan fingerprint density at radius 1 is 1.60 bits per heavy atom. The van der Waals surface area contributed by atoms with Crippen LogP contribution in [0.5, 0.6) is 0 Å². The van der Waals surface area contributed by atoms with E-state index in [9.17, 15) is 4.79 Å². The number of hydrogen-bond donors (Lipinski definition) is 1. The van der Waals surface area contributed by atoms with E-state index in [0.29, 0.717) is 5.92 Å². The van der Waals surface area contributed by atoms with Gasteiger partial charge in [-0.15, -0.1) is 0 Å². The smallest absolute Gasteiger partial charge is 0.155 e. The maximum atomic E-state index is 11.3. The Bertz CT molecular complexity index is 157. The van der Waals surface area contributed by atoms with Gasteiger partial charge in [0.05, 0.1) is 5.54 Å². The monoisotopic (exact) mass is 141 g/mol. The fraction of sp³-hybridized carbons (Fsp3) is 0.875. The number of rotatable bonds is 2. The van der Waals surface area contributed by atoms with Crippen molar-refractivity contribution in [1.29, 1.82) is 0 Å². The molecule has 0 bridgehead atoms. The number of hydrogen-bond acceptors (Lipinski definition) is 2. The Morgan fingerprint density at radius 2 is 2.00 bits per heavy atom. The van der Waals surface area contributed by atoms with E-state index in [0.717, 1.165) is 6.42 Å². The summed E-state index contributed by atoms with van der Waals surface area (Å²) in [4.78, 5) is 11.3. The molecule has 10 heavy (non-hydrogen) atoms. The fourth-order valence-electron chi connectivity index (χ4n) is 1.17. The first-order valence-corrected chi connectivity index (χ1v) is 3.76. The molecule has 2 heteroatoms. The van der Waals surface area contributed by atoms with Crippen LogP contribution in [0.25, 0.3) is 0 Å². The number of ketones is 1. The van der Waals surface area contributed by atoms with Crippen LogP contribution in [0.4, 0.5) is 0 Å². The largest absolute Gasteiger partial charge is 0.319 e. The molecule has 1 rings (SSSR count). The van der Waals surface area contributed by atoms with Gasteiger partial charge in [-0.3, -0.25) is 4.79 Å². The van der Waals surface area contributed by atoms with Crippen molar-refractivity contribution in [2.45, 2.75) is 32.7 Å². The van der Waals surface area contributed by atoms with E-state index in [-0.39, 0.29) is 11.7 Å². The Morgan fingerprint density at radius 3 is 2.10 bits per heavy atom. The Labute approximate surface area is 61.8 Å². The quantitative estimate of drug-likeness (QED) is 0.622. The molecule has 0 aromatic carbocycles. The Hall–Kier alpha value is -0.370. The molecule has 0 aliphatic heterocycles. The average Bonchev–Trinajstić information content (AvgIpc) is 2.42. The zero-order valence-electron chi connectivity index (χ0n) is 6.85. The van der Waals surface area contributed by atoms with Crippen LogP contribution in [0.3, 0.4) is 0 Å². The van der Waals surface area contributed by atoms with Crippen LogP contribution in [0.1, 0.15) is 27.2 Å². The summed E-state index contributed by atoms with van der Waals surface area (Å²) in [5.41, 5.74) is 5.02. The lowest BCUT2D eigenvalue weighted by atomic mass is 9.96. The van der Waals surface area contributed by atoms with Crippen LogP contribution in [0.15, 0.2) is 0 Å². The normalized spacial score (nSPS) is 32.0. The molecular weight excluding hydrogens is 126 g/mol. The predicted octanol–water partition coefficient (Wildman–Crippen LogP) is 0.949. The van der Waals surface area contributed by atoms with Gasteiger partial charge in [0.1, 0.15) is 0 Å². The fourth-order valence-corrected chi connectivity index (χ4v) is 1.17. The third-order valence-electron chi connectivity index (χ3n) is 2.08. The van der Waals surface area contributed by atoms with Gasteiger partial charge in [0.15, 0.2) is 5.78 Å². The SMILES string of the molecule is C[C@@H]1CC1C(=O)C(C)(C)N. The molecule has 0 spiro atoms. The molecule has 0 aromatic heterocycles. The lowest BCUT2D eigenvalue weighted by molar-refractivity contribution is -0.124. The maximum Gasteiger partial charge on any atom is 0.155 e. The van der Waals surface area contributed by atoms with Gasteiger partial charge < -0.3 is 5.73 Å². The molecule has 0 saturated heterocycles. The van der Waals surface area contributed by atoms with Crippen molar-refractivity contribution >= 4 is 5.78 Å². The number of carbonyl (C=O) groups is 1. The minimum Gasteiger partial charge on any atom is -0.319 e. The molecule has 58 valence electrons. The summed E-state index contributed by atoms with van der Waals surface area (Å²) in [7, 11) is 0. The van der Waals surface area contributed by atoms with E-state index in [2.05, 4.69) is 6.92 Å². The van der Waals surface area contributed by atoms with Gasteiger partial charge in [0.25, 0.3) is 0 Å². The number of carbonyl (C=O) groups excluding carboxylic acids is 1. The van der Waals surface area contributed by atoms with Gasteiger partial charge in [-0.1, -0.05) is 6.92 Å². The molecule has 0 radical (unpaired) electrons. The molecule has 0 heterocycles. The van der Waals surface area contributed by atoms with Crippen LogP contribution in [0, 0.1) is 11.8 Å². The highest BCUT2D eigenvalue weighted by atomic mass is 16.1. The number of Topliss-reactive ketones (excluding diaryl/α,β-unsaturated/α-hetero) is 1. The summed E-state index contributed by atoms with van der Waals surface area (Å²) in [5, 5.41) is 0. The lowest BCUT2D eigenvalue weighted by Gasteiger charge is -2.15. The second-order valence-electron chi connectivity index (χ2n) is 3.91. The van der Waals surface area contributed by atoms with Crippen molar-refractivity contribution in [2.24, 2.45) is 17.6 Å². The predicted molar refractivity (Wildman–Crippen MR) is 40.5 cm³/mol. The van der Waals surface area contributed by atoms with E-state index < -0.39 is 5.54 Å². The minimum absolute atomic E-state index is 0.222. The van der Waals surface area contributed by atoms with Crippen LogP contribution in [-0.4, -0.2) is 11.3 Å². The lowest BCUT2D eigenvalue weighted by Crippen LogP contribution is -2.42. The minimum atomic E-state index is -0.616. The topological polar surface area (TPSA) is 43.1 Å². The van der Waals surface area contributed by atoms with Crippen LogP contribution in [0.2, 0.25) is 0 Å². The first-order chi connectivity index (χ1) is 4.43. The van der Waals surface area contributed by atoms with Gasteiger partial charge in [-0.2, -0.15) is 0 Å². The van der Waals surface area contributed by atoms with Crippen molar-refractivity contribution in [3.8, 4) is 0 Å². The molecule has 2 N–H and O–H groups in total. The Kier molecular flexibility index (Phi) is 1.59. The highest BCUT2D eigenvalue weighted by Gasteiger charge is 2.43. The molecular formula is C8H15NO. The van der Waals surface area contributed by atoms with E-state index in [1.54, 1.807) is 13.8 Å². The van der Waals surface area contributed by atoms with Crippen LogP contribution >= 0.6 is 0 Å². The molecule has 2 atom stereocenters. The van der Waals surface area contributed by atoms with Crippen LogP contribution in [-0.2, 0) is 4.79 Å². The van der Waals surface area contributed by atoms with Gasteiger partial charge in [-0.25, -0.2) is 0 Å². The second kappa shape index (κ2) is 2.06. The zero-order valence-corrected chi connectivity index (χ0v) is 6.85. The summed E-state index contributed by atoms with van der Waals surface area (Å²) in [6.07, 6.45) is 1.04. The molecule has 0 aromatic rings. The molecule has 1 unspecified atom stereocenters. The molecule has 1 fully saturated rings. The maximum absolute atomic E-state index is 11.3. The number of nitrogens with two attached hydrogens (primary N) is 1. The van der Waals surface area contributed by atoms with Crippen LogP contribution < -0.4 is 5.73 Å². The van der Waals surface area contributed by atoms with Crippen molar-refractivity contribution in [2.75, 3.05) is 0 Å². The van der Waals surface area contributed by atoms with Gasteiger partial charge in [0, 0.05) is 5.92 Å². The van der Waals surface area contributed by atoms with Crippen molar-refractivity contribution < 1.29 is 4.79 Å². The third kappa shape index (κ3) is 1.37. The summed E-state index contributed by atoms with van der Waals surface area (Å²) in [6.45, 7) is 5.65. The van der Waals surface area contributed by atoms with Gasteiger partial charge >= 0.3 is 0 Å². The molecule has 1 aliphatic rings. The van der Waals surface area contributed by atoms with Crippen molar-refractivity contribution in [1.82, 2.24) is 0 Å². The first-order valence-electron chi connectivity index (χ1n) is 3.76. The standard InChI is InChI=1S/C8H15NO/c1-5-4-6(5)7(10)8(2,3)9/h5-6H,4,9H2,1-3H3/t5-,6?/m1/s1. The summed E-state index contributed by atoms with van der Waals surface area (Å²) in [5.74, 6) is 1.07. The average molecular weight is 141 g/mol. The Balaban J connectivity index is 2.51. The molecule has 0 amide bonds. The first kappa shape index (κ1) is 7.73. The molecule has 1 aliphatic carbocycles. The summed E-state index contributed by atoms with van der Waals surface area (Å²) in [6, 6.07) is 0. The highest BCUT2D eigenvalue weighted by molar-refractivity contribution is 5.91. The zero-order chi connectivity index (χ0) is 7.94. The van der Waals surface area contributed by atoms with E-state index in [1.807, 2.05) is 0 Å². The van der Waals surface area contributed by atoms with E-state index >= 15 is 0 Å². The second-order valence-corrected chi connectivity index (χ2v) is 3.91. The van der Waals surface area contributed by atoms with Gasteiger partial charge in [-0.05, 0) is 26.2 Å². The third-order valence-corrected chi connectivity index (χ3v) is 2.08. The molecule has 1 saturated carbocycles. The summed E-state index contributed by atoms with van der Waals surface area (Å²) >= 11 is 0. The van der Waals surface area contributed by atoms with Gasteiger partial charge in [0.2, 0.25) is 0 Å². The highest BCUT2D eigenvalue weighted by Crippen LogP contribution is 2.40. The van der Waals surface area contributed by atoms with Crippen molar-refractivity contribution in [3.05, 3.63) is 0 Å². The van der Waals surface area contributed by atoms with E-state index in [1.165, 1.54) is 0 Å². The van der Waals surface area contributed by atoms with E-state index in [4.69, 9.17) is 5.73 Å².